The maximum absolute atomic E-state index is 12.9. The summed E-state index contributed by atoms with van der Waals surface area (Å²) in [7, 11) is 1.58. The number of nitrogens with zero attached hydrogens (tertiary/aromatic N) is 4. The van der Waals surface area contributed by atoms with E-state index in [1.165, 1.54) is 0 Å². The molecule has 2 heterocycles. The monoisotopic (exact) mass is 461 g/mol. The van der Waals surface area contributed by atoms with E-state index in [0.29, 0.717) is 50.0 Å². The van der Waals surface area contributed by atoms with Gasteiger partial charge in [0.25, 0.3) is 0 Å². The Hall–Kier alpha value is -2.45. The van der Waals surface area contributed by atoms with E-state index in [4.69, 9.17) is 16.3 Å². The fraction of sp³-hybridized carbons (Fsp3) is 0.565. The molecule has 3 rings (SSSR count). The predicted molar refractivity (Wildman–Crippen MR) is 122 cm³/mol. The van der Waals surface area contributed by atoms with Gasteiger partial charge in [-0.15, -0.1) is 10.2 Å². The van der Waals surface area contributed by atoms with Gasteiger partial charge in [0.2, 0.25) is 11.8 Å². The van der Waals surface area contributed by atoms with E-state index in [9.17, 15) is 9.59 Å². The third-order valence-corrected chi connectivity index (χ3v) is 5.96. The molecule has 1 atom stereocenters. The van der Waals surface area contributed by atoms with Gasteiger partial charge in [-0.25, -0.2) is 0 Å². The molecule has 0 radical (unpaired) electrons. The lowest BCUT2D eigenvalue weighted by atomic mass is 10.0. The molecule has 2 aromatic rings. The Bertz CT molecular complexity index is 930. The van der Waals surface area contributed by atoms with E-state index in [2.05, 4.69) is 33.9 Å². The second-order valence-electron chi connectivity index (χ2n) is 8.52. The molecule has 0 saturated carbocycles. The maximum atomic E-state index is 12.9. The molecule has 0 bridgehead atoms. The van der Waals surface area contributed by atoms with Crippen molar-refractivity contribution in [3.63, 3.8) is 0 Å². The maximum Gasteiger partial charge on any atom is 0.227 e. The summed E-state index contributed by atoms with van der Waals surface area (Å²) in [4.78, 5) is 27.1. The minimum absolute atomic E-state index is 0.0463. The number of fused-ring (bicyclic) bond motifs is 1. The summed E-state index contributed by atoms with van der Waals surface area (Å²) in [5.74, 6) is 1.94. The number of rotatable bonds is 9. The Kier molecular flexibility index (Phi) is 8.64. The molecule has 32 heavy (non-hydrogen) atoms. The van der Waals surface area contributed by atoms with Crippen molar-refractivity contribution in [2.24, 2.45) is 5.92 Å². The van der Waals surface area contributed by atoms with E-state index < -0.39 is 0 Å². The number of benzene rings is 1. The van der Waals surface area contributed by atoms with Crippen molar-refractivity contribution in [3.05, 3.63) is 46.5 Å². The van der Waals surface area contributed by atoms with Crippen LogP contribution in [0.5, 0.6) is 0 Å². The van der Waals surface area contributed by atoms with Crippen molar-refractivity contribution in [1.82, 2.24) is 25.0 Å². The van der Waals surface area contributed by atoms with Crippen LogP contribution < -0.4 is 5.32 Å². The van der Waals surface area contributed by atoms with Crippen molar-refractivity contribution in [1.29, 1.82) is 0 Å². The lowest BCUT2D eigenvalue weighted by Crippen LogP contribution is -2.35. The van der Waals surface area contributed by atoms with Crippen LogP contribution in [0.1, 0.15) is 49.9 Å². The quantitative estimate of drug-likeness (QED) is 0.620. The Balaban J connectivity index is 1.70. The van der Waals surface area contributed by atoms with Crippen LogP contribution in [0.25, 0.3) is 0 Å². The molecular weight excluding hydrogens is 430 g/mol. The first kappa shape index (κ1) is 24.2. The van der Waals surface area contributed by atoms with Gasteiger partial charge in [0.15, 0.2) is 5.82 Å². The average molecular weight is 462 g/mol. The zero-order valence-electron chi connectivity index (χ0n) is 19.0. The van der Waals surface area contributed by atoms with Gasteiger partial charge in [0, 0.05) is 44.6 Å². The summed E-state index contributed by atoms with van der Waals surface area (Å²) >= 11 is 6.23. The highest BCUT2D eigenvalue weighted by Gasteiger charge is 2.27. The van der Waals surface area contributed by atoms with Crippen LogP contribution in [-0.4, -0.2) is 58.3 Å². The van der Waals surface area contributed by atoms with E-state index in [0.717, 1.165) is 23.6 Å². The summed E-state index contributed by atoms with van der Waals surface area (Å²) < 4.78 is 7.08. The highest BCUT2D eigenvalue weighted by molar-refractivity contribution is 6.31. The van der Waals surface area contributed by atoms with Gasteiger partial charge in [0.05, 0.1) is 19.1 Å². The predicted octanol–water partition coefficient (Wildman–Crippen LogP) is 2.80. The van der Waals surface area contributed by atoms with Crippen LogP contribution in [0.15, 0.2) is 24.3 Å². The number of methoxy groups -OCH3 is 1. The Morgan fingerprint density at radius 1 is 1.19 bits per heavy atom. The zero-order valence-corrected chi connectivity index (χ0v) is 19.8. The number of carbonyl (C=O) groups excluding carboxylic acids is 2. The highest BCUT2D eigenvalue weighted by atomic mass is 35.5. The summed E-state index contributed by atoms with van der Waals surface area (Å²) in [5.41, 5.74) is 0.833. The minimum atomic E-state index is -0.231. The molecule has 174 valence electrons. The largest absolute Gasteiger partial charge is 0.384 e. The van der Waals surface area contributed by atoms with Gasteiger partial charge in [-0.3, -0.25) is 9.59 Å². The Morgan fingerprint density at radius 3 is 2.69 bits per heavy atom. The number of halogens is 1. The van der Waals surface area contributed by atoms with E-state index in [1.807, 2.05) is 23.1 Å². The van der Waals surface area contributed by atoms with Crippen molar-refractivity contribution in [2.45, 2.75) is 52.1 Å². The van der Waals surface area contributed by atoms with E-state index in [1.54, 1.807) is 13.2 Å². The van der Waals surface area contributed by atoms with Crippen molar-refractivity contribution in [2.75, 3.05) is 26.8 Å². The Morgan fingerprint density at radius 2 is 1.97 bits per heavy atom. The molecule has 0 spiro atoms. The smallest absolute Gasteiger partial charge is 0.227 e. The number of nitrogens with one attached hydrogen (secondary N) is 1. The molecular formula is C23H32ClN5O3. The van der Waals surface area contributed by atoms with Gasteiger partial charge in [0.1, 0.15) is 5.82 Å². The van der Waals surface area contributed by atoms with E-state index >= 15 is 0 Å². The van der Waals surface area contributed by atoms with E-state index in [-0.39, 0.29) is 24.3 Å². The standard InChI is InChI=1S/C23H32ClN5O3/c1-16(2)14-19(25-21(30)9-13-32-3)23-27-26-20-8-10-28(11-12-29(20)23)22(31)15-17-6-4-5-7-18(17)24/h4-7,16,19H,8-15H2,1-3H3,(H,25,30)/t19-/m1/s1. The molecule has 9 heteroatoms. The topological polar surface area (TPSA) is 89.3 Å². The molecule has 1 N–H and O–H groups in total. The van der Waals surface area contributed by atoms with Crippen LogP contribution >= 0.6 is 11.6 Å². The number of aromatic nitrogens is 3. The molecule has 0 unspecified atom stereocenters. The number of carbonyl (C=O) groups is 2. The van der Waals surface area contributed by atoms with Gasteiger partial charge in [-0.05, 0) is 24.0 Å². The normalized spacial score (nSPS) is 14.7. The molecule has 2 amide bonds. The fourth-order valence-corrected chi connectivity index (χ4v) is 4.13. The zero-order chi connectivity index (χ0) is 23.1. The van der Waals surface area contributed by atoms with Gasteiger partial charge >= 0.3 is 0 Å². The number of amides is 2. The fourth-order valence-electron chi connectivity index (χ4n) is 3.93. The molecule has 1 aromatic heterocycles. The SMILES string of the molecule is COCCC(=O)N[C@H](CC(C)C)c1nnc2n1CCN(C(=O)Cc1ccccc1Cl)CC2. The average Bonchev–Trinajstić information content (AvgIpc) is 3.04. The minimum Gasteiger partial charge on any atom is -0.384 e. The second kappa shape index (κ2) is 11.4. The first-order chi connectivity index (χ1) is 15.4. The third-order valence-electron chi connectivity index (χ3n) is 5.59. The third kappa shape index (κ3) is 6.29. The van der Waals surface area contributed by atoms with Crippen molar-refractivity contribution < 1.29 is 14.3 Å². The number of ether oxygens (including phenoxy) is 1. The molecule has 0 fully saturated rings. The summed E-state index contributed by atoms with van der Waals surface area (Å²) in [6.07, 6.45) is 1.95. The first-order valence-corrected chi connectivity index (χ1v) is 11.5. The first-order valence-electron chi connectivity index (χ1n) is 11.1. The number of hydrogen-bond acceptors (Lipinski definition) is 5. The molecule has 1 aromatic carbocycles. The van der Waals surface area contributed by atoms with Crippen molar-refractivity contribution in [3.8, 4) is 0 Å². The second-order valence-corrected chi connectivity index (χ2v) is 8.92. The molecule has 1 aliphatic heterocycles. The van der Waals surface area contributed by atoms with Crippen molar-refractivity contribution >= 4 is 23.4 Å². The molecule has 0 aliphatic carbocycles. The van der Waals surface area contributed by atoms with Gasteiger partial charge in [-0.1, -0.05) is 43.6 Å². The lowest BCUT2D eigenvalue weighted by molar-refractivity contribution is -0.130. The van der Waals surface area contributed by atoms with Crippen LogP contribution in [-0.2, 0) is 33.7 Å². The summed E-state index contributed by atoms with van der Waals surface area (Å²) in [6.45, 7) is 6.34. The molecule has 0 saturated heterocycles. The highest BCUT2D eigenvalue weighted by Crippen LogP contribution is 2.23. The van der Waals surface area contributed by atoms with Crippen LogP contribution in [0.3, 0.4) is 0 Å². The molecule has 1 aliphatic rings. The number of hydrogen-bond donors (Lipinski definition) is 1. The van der Waals surface area contributed by atoms with Crippen LogP contribution in [0, 0.1) is 5.92 Å². The summed E-state index contributed by atoms with van der Waals surface area (Å²) in [6, 6.07) is 7.20. The van der Waals surface area contributed by atoms with Crippen LogP contribution in [0.4, 0.5) is 0 Å². The van der Waals surface area contributed by atoms with Crippen LogP contribution in [0.2, 0.25) is 5.02 Å². The Labute approximate surface area is 194 Å². The van der Waals surface area contributed by atoms with Gasteiger partial charge in [-0.2, -0.15) is 0 Å². The lowest BCUT2D eigenvalue weighted by Gasteiger charge is -2.22. The molecule has 8 nitrogen and oxygen atoms in total. The van der Waals surface area contributed by atoms with Gasteiger partial charge < -0.3 is 19.5 Å². The summed E-state index contributed by atoms with van der Waals surface area (Å²) in [5, 5.41) is 12.5.